The molecular weight excluding hydrogens is 200 g/mol. The molecule has 16 heavy (non-hydrogen) atoms. The molecule has 1 fully saturated rings. The zero-order valence-corrected chi connectivity index (χ0v) is 10.6. The summed E-state index contributed by atoms with van der Waals surface area (Å²) in [6.45, 7) is 8.54. The molecule has 0 radical (unpaired) electrons. The molecule has 0 saturated carbocycles. The first-order valence-corrected chi connectivity index (χ1v) is 6.22. The highest BCUT2D eigenvalue weighted by Crippen LogP contribution is 2.26. The number of rotatable bonds is 4. The van der Waals surface area contributed by atoms with Crippen LogP contribution < -0.4 is 10.2 Å². The van der Waals surface area contributed by atoms with Gasteiger partial charge in [0.15, 0.2) is 0 Å². The maximum absolute atomic E-state index is 4.54. The topological polar surface area (TPSA) is 33.1 Å². The lowest BCUT2D eigenvalue weighted by molar-refractivity contribution is 0.712. The lowest BCUT2D eigenvalue weighted by atomic mass is 10.2. The Morgan fingerprint density at radius 3 is 2.62 bits per heavy atom. The van der Waals surface area contributed by atoms with E-state index in [9.17, 15) is 0 Å². The molecule has 2 rings (SSSR count). The van der Waals surface area contributed by atoms with Gasteiger partial charge in [0.1, 0.15) is 5.82 Å². The minimum absolute atomic E-state index is 0.933. The Labute approximate surface area is 97.6 Å². The van der Waals surface area contributed by atoms with E-state index in [0.717, 1.165) is 18.8 Å². The van der Waals surface area contributed by atoms with Gasteiger partial charge < -0.3 is 10.2 Å². The van der Waals surface area contributed by atoms with Gasteiger partial charge in [0.25, 0.3) is 0 Å². The van der Waals surface area contributed by atoms with Crippen molar-refractivity contribution in [3.8, 4) is 0 Å². The van der Waals surface area contributed by atoms with Crippen LogP contribution in [0, 0.1) is 6.92 Å². The van der Waals surface area contributed by atoms with Crippen molar-refractivity contribution in [3.05, 3.63) is 11.3 Å². The number of anilines is 1. The maximum Gasteiger partial charge on any atom is 0.131 e. The van der Waals surface area contributed by atoms with E-state index in [4.69, 9.17) is 0 Å². The van der Waals surface area contributed by atoms with Gasteiger partial charge in [-0.1, -0.05) is 6.92 Å². The highest BCUT2D eigenvalue weighted by atomic mass is 15.4. The van der Waals surface area contributed by atoms with Gasteiger partial charge in [0.2, 0.25) is 0 Å². The van der Waals surface area contributed by atoms with Gasteiger partial charge in [-0.25, -0.2) is 0 Å². The van der Waals surface area contributed by atoms with E-state index in [1.54, 1.807) is 0 Å². The molecule has 1 aromatic heterocycles. The molecule has 1 N–H and O–H groups in total. The molecule has 4 heteroatoms. The number of aryl methyl sites for hydroxylation is 2. The van der Waals surface area contributed by atoms with E-state index in [1.165, 1.54) is 37.3 Å². The average Bonchev–Trinajstić information content (AvgIpc) is 2.83. The first-order chi connectivity index (χ1) is 7.74. The molecule has 0 spiro atoms. The molecular formula is C12H22N4. The quantitative estimate of drug-likeness (QED) is 0.837. The van der Waals surface area contributed by atoms with Gasteiger partial charge in [-0.05, 0) is 26.3 Å². The number of hydrogen-bond donors (Lipinski definition) is 1. The SMILES string of the molecule is CCNCc1c(C)nn(C)c1N1CCCC1. The molecule has 0 atom stereocenters. The molecule has 1 aromatic rings. The van der Waals surface area contributed by atoms with E-state index in [2.05, 4.69) is 36.2 Å². The van der Waals surface area contributed by atoms with Gasteiger partial charge in [-0.3, -0.25) is 4.68 Å². The average molecular weight is 222 g/mol. The molecule has 2 heterocycles. The van der Waals surface area contributed by atoms with Crippen molar-refractivity contribution in [1.29, 1.82) is 0 Å². The summed E-state index contributed by atoms with van der Waals surface area (Å²) in [4.78, 5) is 2.46. The fourth-order valence-corrected chi connectivity index (χ4v) is 2.47. The van der Waals surface area contributed by atoms with Crippen LogP contribution in [0.4, 0.5) is 5.82 Å². The molecule has 0 bridgehead atoms. The van der Waals surface area contributed by atoms with E-state index < -0.39 is 0 Å². The van der Waals surface area contributed by atoms with Crippen LogP contribution in [0.3, 0.4) is 0 Å². The normalized spacial score (nSPS) is 16.1. The fraction of sp³-hybridized carbons (Fsp3) is 0.750. The summed E-state index contributed by atoms with van der Waals surface area (Å²) in [6, 6.07) is 0. The Balaban J connectivity index is 2.26. The monoisotopic (exact) mass is 222 g/mol. The first kappa shape index (κ1) is 11.5. The minimum Gasteiger partial charge on any atom is -0.357 e. The molecule has 0 aromatic carbocycles. The molecule has 1 aliphatic rings. The first-order valence-electron chi connectivity index (χ1n) is 6.22. The zero-order valence-electron chi connectivity index (χ0n) is 10.6. The summed E-state index contributed by atoms with van der Waals surface area (Å²) >= 11 is 0. The second-order valence-corrected chi connectivity index (χ2v) is 4.49. The van der Waals surface area contributed by atoms with E-state index in [-0.39, 0.29) is 0 Å². The van der Waals surface area contributed by atoms with Crippen molar-refractivity contribution < 1.29 is 0 Å². The Bertz CT molecular complexity index is 350. The van der Waals surface area contributed by atoms with Crippen LogP contribution in [0.2, 0.25) is 0 Å². The predicted molar refractivity (Wildman–Crippen MR) is 66.8 cm³/mol. The fourth-order valence-electron chi connectivity index (χ4n) is 2.47. The number of nitrogens with zero attached hydrogens (tertiary/aromatic N) is 3. The zero-order chi connectivity index (χ0) is 11.5. The largest absolute Gasteiger partial charge is 0.357 e. The van der Waals surface area contributed by atoms with Gasteiger partial charge in [-0.15, -0.1) is 0 Å². The summed E-state index contributed by atoms with van der Waals surface area (Å²) in [6.07, 6.45) is 2.62. The molecule has 0 unspecified atom stereocenters. The summed E-state index contributed by atoms with van der Waals surface area (Å²) in [5.41, 5.74) is 2.52. The van der Waals surface area contributed by atoms with E-state index >= 15 is 0 Å². The van der Waals surface area contributed by atoms with Crippen LogP contribution >= 0.6 is 0 Å². The second-order valence-electron chi connectivity index (χ2n) is 4.49. The van der Waals surface area contributed by atoms with Crippen LogP contribution in [-0.2, 0) is 13.6 Å². The van der Waals surface area contributed by atoms with Gasteiger partial charge >= 0.3 is 0 Å². The van der Waals surface area contributed by atoms with Gasteiger partial charge in [-0.2, -0.15) is 5.10 Å². The van der Waals surface area contributed by atoms with Crippen molar-refractivity contribution in [2.45, 2.75) is 33.2 Å². The third kappa shape index (κ3) is 2.07. The molecule has 0 amide bonds. The van der Waals surface area contributed by atoms with Gasteiger partial charge in [0, 0.05) is 32.2 Å². The van der Waals surface area contributed by atoms with Crippen LogP contribution in [0.15, 0.2) is 0 Å². The minimum atomic E-state index is 0.933. The summed E-state index contributed by atoms with van der Waals surface area (Å²) in [5, 5.41) is 7.95. The number of hydrogen-bond acceptors (Lipinski definition) is 3. The highest BCUT2D eigenvalue weighted by Gasteiger charge is 2.21. The predicted octanol–water partition coefficient (Wildman–Crippen LogP) is 1.44. The Morgan fingerprint density at radius 1 is 1.31 bits per heavy atom. The third-order valence-electron chi connectivity index (χ3n) is 3.27. The van der Waals surface area contributed by atoms with Crippen molar-refractivity contribution in [3.63, 3.8) is 0 Å². The Kier molecular flexibility index (Phi) is 3.49. The summed E-state index contributed by atoms with van der Waals surface area (Å²) in [7, 11) is 2.05. The maximum atomic E-state index is 4.54. The highest BCUT2D eigenvalue weighted by molar-refractivity contribution is 5.50. The van der Waals surface area contributed by atoms with Crippen molar-refractivity contribution in [1.82, 2.24) is 15.1 Å². The molecule has 1 aliphatic heterocycles. The van der Waals surface area contributed by atoms with Crippen LogP contribution in [0.25, 0.3) is 0 Å². The smallest absolute Gasteiger partial charge is 0.131 e. The second kappa shape index (κ2) is 4.87. The van der Waals surface area contributed by atoms with Crippen molar-refractivity contribution >= 4 is 5.82 Å². The van der Waals surface area contributed by atoms with E-state index in [0.29, 0.717) is 0 Å². The Morgan fingerprint density at radius 2 is 2.00 bits per heavy atom. The molecule has 0 aliphatic carbocycles. The van der Waals surface area contributed by atoms with Crippen molar-refractivity contribution in [2.75, 3.05) is 24.5 Å². The van der Waals surface area contributed by atoms with E-state index in [1.807, 2.05) is 4.68 Å². The Hall–Kier alpha value is -1.03. The van der Waals surface area contributed by atoms with Crippen LogP contribution in [-0.4, -0.2) is 29.4 Å². The molecule has 4 nitrogen and oxygen atoms in total. The lowest BCUT2D eigenvalue weighted by Crippen LogP contribution is -2.23. The summed E-state index contributed by atoms with van der Waals surface area (Å²) < 4.78 is 2.04. The van der Waals surface area contributed by atoms with Crippen LogP contribution in [0.5, 0.6) is 0 Å². The number of nitrogens with one attached hydrogen (secondary N) is 1. The third-order valence-corrected chi connectivity index (χ3v) is 3.27. The summed E-state index contributed by atoms with van der Waals surface area (Å²) in [5.74, 6) is 1.32. The standard InChI is InChI=1S/C12H22N4/c1-4-13-9-11-10(2)14-15(3)12(11)16-7-5-6-8-16/h13H,4-9H2,1-3H3. The van der Waals surface area contributed by atoms with Gasteiger partial charge in [0.05, 0.1) is 5.69 Å². The van der Waals surface area contributed by atoms with Crippen molar-refractivity contribution in [2.24, 2.45) is 7.05 Å². The number of aromatic nitrogens is 2. The van der Waals surface area contributed by atoms with Crippen LogP contribution in [0.1, 0.15) is 31.0 Å². The molecule has 1 saturated heterocycles. The lowest BCUT2D eigenvalue weighted by Gasteiger charge is -2.19. The molecule has 90 valence electrons.